The molecule has 15 heavy (non-hydrogen) atoms. The van der Waals surface area contributed by atoms with Gasteiger partial charge in [0.25, 0.3) is 0 Å². The van der Waals surface area contributed by atoms with Crippen LogP contribution in [0.25, 0.3) is 0 Å². The number of nitrogens with one attached hydrogen (secondary N) is 1. The van der Waals surface area contributed by atoms with E-state index in [1.807, 2.05) is 6.92 Å². The summed E-state index contributed by atoms with van der Waals surface area (Å²) < 4.78 is 0. The second-order valence-electron chi connectivity index (χ2n) is 5.76. The van der Waals surface area contributed by atoms with Gasteiger partial charge in [-0.2, -0.15) is 0 Å². The van der Waals surface area contributed by atoms with E-state index in [9.17, 15) is 5.11 Å². The van der Waals surface area contributed by atoms with Gasteiger partial charge >= 0.3 is 0 Å². The van der Waals surface area contributed by atoms with Crippen molar-refractivity contribution in [2.75, 3.05) is 6.54 Å². The SMILES string of the molecule is CCC(O)CCNC1CCCC(C)(C)C1. The molecule has 1 rings (SSSR count). The van der Waals surface area contributed by atoms with Gasteiger partial charge in [-0.15, -0.1) is 0 Å². The molecule has 2 heteroatoms. The molecule has 2 atom stereocenters. The van der Waals surface area contributed by atoms with Crippen LogP contribution in [0.2, 0.25) is 0 Å². The maximum atomic E-state index is 9.45. The predicted molar refractivity (Wildman–Crippen MR) is 65.0 cm³/mol. The van der Waals surface area contributed by atoms with Crippen LogP contribution in [0.1, 0.15) is 59.3 Å². The Morgan fingerprint density at radius 3 is 2.80 bits per heavy atom. The minimum absolute atomic E-state index is 0.117. The van der Waals surface area contributed by atoms with Crippen LogP contribution in [-0.2, 0) is 0 Å². The van der Waals surface area contributed by atoms with Crippen LogP contribution in [-0.4, -0.2) is 23.8 Å². The molecule has 2 N–H and O–H groups in total. The van der Waals surface area contributed by atoms with Crippen molar-refractivity contribution >= 4 is 0 Å². The van der Waals surface area contributed by atoms with Crippen LogP contribution in [0.5, 0.6) is 0 Å². The molecule has 1 aliphatic carbocycles. The van der Waals surface area contributed by atoms with Gasteiger partial charge in [0, 0.05) is 6.04 Å². The summed E-state index contributed by atoms with van der Waals surface area (Å²) in [5, 5.41) is 13.0. The largest absolute Gasteiger partial charge is 0.393 e. The molecule has 0 saturated heterocycles. The molecule has 0 aliphatic heterocycles. The Morgan fingerprint density at radius 2 is 2.20 bits per heavy atom. The standard InChI is InChI=1S/C13H27NO/c1-4-12(15)7-9-14-11-6-5-8-13(2,3)10-11/h11-12,14-15H,4-10H2,1-3H3. The quantitative estimate of drug-likeness (QED) is 0.736. The Bertz CT molecular complexity index is 179. The van der Waals surface area contributed by atoms with Gasteiger partial charge in [-0.3, -0.25) is 0 Å². The van der Waals surface area contributed by atoms with E-state index in [4.69, 9.17) is 0 Å². The molecule has 2 nitrogen and oxygen atoms in total. The predicted octanol–water partition coefficient (Wildman–Crippen LogP) is 2.71. The second kappa shape index (κ2) is 5.86. The first-order chi connectivity index (χ1) is 7.03. The van der Waals surface area contributed by atoms with Crippen molar-refractivity contribution in [1.29, 1.82) is 0 Å². The maximum Gasteiger partial charge on any atom is 0.0549 e. The van der Waals surface area contributed by atoms with Crippen LogP contribution in [0.3, 0.4) is 0 Å². The van der Waals surface area contributed by atoms with Gasteiger partial charge in [-0.25, -0.2) is 0 Å². The van der Waals surface area contributed by atoms with Crippen LogP contribution < -0.4 is 5.32 Å². The first-order valence-electron chi connectivity index (χ1n) is 6.45. The Kier molecular flexibility index (Phi) is 5.07. The number of rotatable bonds is 5. The molecule has 1 saturated carbocycles. The fourth-order valence-corrected chi connectivity index (χ4v) is 2.53. The van der Waals surface area contributed by atoms with Gasteiger partial charge in [-0.05, 0) is 44.1 Å². The van der Waals surface area contributed by atoms with E-state index in [0.717, 1.165) is 19.4 Å². The minimum Gasteiger partial charge on any atom is -0.393 e. The van der Waals surface area contributed by atoms with Crippen LogP contribution in [0.4, 0.5) is 0 Å². The molecule has 0 aromatic heterocycles. The first-order valence-corrected chi connectivity index (χ1v) is 6.45. The van der Waals surface area contributed by atoms with Crippen molar-refractivity contribution in [1.82, 2.24) is 5.32 Å². The third-order valence-electron chi connectivity index (χ3n) is 3.59. The number of hydrogen-bond donors (Lipinski definition) is 2. The van der Waals surface area contributed by atoms with Crippen molar-refractivity contribution in [2.45, 2.75) is 71.4 Å². The van der Waals surface area contributed by atoms with Crippen molar-refractivity contribution in [3.05, 3.63) is 0 Å². The highest BCUT2D eigenvalue weighted by Crippen LogP contribution is 2.34. The summed E-state index contributed by atoms with van der Waals surface area (Å²) >= 11 is 0. The Labute approximate surface area is 94.5 Å². The average Bonchev–Trinajstić information content (AvgIpc) is 2.16. The van der Waals surface area contributed by atoms with Crippen molar-refractivity contribution < 1.29 is 5.11 Å². The molecule has 0 amide bonds. The van der Waals surface area contributed by atoms with Crippen LogP contribution in [0.15, 0.2) is 0 Å². The van der Waals surface area contributed by atoms with Crippen LogP contribution >= 0.6 is 0 Å². The van der Waals surface area contributed by atoms with Crippen molar-refractivity contribution in [2.24, 2.45) is 5.41 Å². The third kappa shape index (κ3) is 4.98. The average molecular weight is 213 g/mol. The minimum atomic E-state index is -0.117. The van der Waals surface area contributed by atoms with Gasteiger partial charge in [0.05, 0.1) is 6.10 Å². The number of aliphatic hydroxyl groups is 1. The van der Waals surface area contributed by atoms with E-state index < -0.39 is 0 Å². The monoisotopic (exact) mass is 213 g/mol. The molecular weight excluding hydrogens is 186 g/mol. The zero-order valence-corrected chi connectivity index (χ0v) is 10.6. The Morgan fingerprint density at radius 1 is 1.47 bits per heavy atom. The second-order valence-corrected chi connectivity index (χ2v) is 5.76. The smallest absolute Gasteiger partial charge is 0.0549 e. The molecular formula is C13H27NO. The molecule has 1 fully saturated rings. The Balaban J connectivity index is 2.16. The lowest BCUT2D eigenvalue weighted by Gasteiger charge is -2.35. The molecule has 0 aromatic rings. The zero-order valence-electron chi connectivity index (χ0n) is 10.6. The molecule has 0 heterocycles. The summed E-state index contributed by atoms with van der Waals surface area (Å²) in [6.07, 6.45) is 6.96. The molecule has 0 aromatic carbocycles. The van der Waals surface area contributed by atoms with Gasteiger partial charge in [0.15, 0.2) is 0 Å². The summed E-state index contributed by atoms with van der Waals surface area (Å²) in [4.78, 5) is 0. The van der Waals surface area contributed by atoms with Crippen molar-refractivity contribution in [3.8, 4) is 0 Å². The molecule has 1 aliphatic rings. The summed E-state index contributed by atoms with van der Waals surface area (Å²) in [6.45, 7) is 7.73. The van der Waals surface area contributed by atoms with E-state index in [-0.39, 0.29) is 6.10 Å². The molecule has 0 bridgehead atoms. The third-order valence-corrected chi connectivity index (χ3v) is 3.59. The first kappa shape index (κ1) is 13.0. The molecule has 0 radical (unpaired) electrons. The fraction of sp³-hybridized carbons (Fsp3) is 1.00. The van der Waals surface area contributed by atoms with Gasteiger partial charge in [-0.1, -0.05) is 27.2 Å². The van der Waals surface area contributed by atoms with Gasteiger partial charge < -0.3 is 10.4 Å². The lowest BCUT2D eigenvalue weighted by atomic mass is 9.75. The summed E-state index contributed by atoms with van der Waals surface area (Å²) in [6, 6.07) is 0.679. The zero-order chi connectivity index (χ0) is 11.3. The van der Waals surface area contributed by atoms with E-state index in [2.05, 4.69) is 19.2 Å². The summed E-state index contributed by atoms with van der Waals surface area (Å²) in [5.74, 6) is 0. The van der Waals surface area contributed by atoms with E-state index in [0.29, 0.717) is 11.5 Å². The Hall–Kier alpha value is -0.0800. The molecule has 0 spiro atoms. The molecule has 2 unspecified atom stereocenters. The highest BCUT2D eigenvalue weighted by molar-refractivity contribution is 4.83. The highest BCUT2D eigenvalue weighted by Gasteiger charge is 2.27. The maximum absolute atomic E-state index is 9.45. The van der Waals surface area contributed by atoms with Crippen molar-refractivity contribution in [3.63, 3.8) is 0 Å². The van der Waals surface area contributed by atoms with Crippen LogP contribution in [0, 0.1) is 5.41 Å². The number of hydrogen-bond acceptors (Lipinski definition) is 2. The summed E-state index contributed by atoms with van der Waals surface area (Å²) in [5.41, 5.74) is 0.513. The van der Waals surface area contributed by atoms with E-state index in [1.54, 1.807) is 0 Å². The lowest BCUT2D eigenvalue weighted by molar-refractivity contribution is 0.151. The molecule has 90 valence electrons. The van der Waals surface area contributed by atoms with E-state index >= 15 is 0 Å². The highest BCUT2D eigenvalue weighted by atomic mass is 16.3. The fourth-order valence-electron chi connectivity index (χ4n) is 2.53. The normalized spacial score (nSPS) is 27.6. The van der Waals surface area contributed by atoms with Gasteiger partial charge in [0.2, 0.25) is 0 Å². The topological polar surface area (TPSA) is 32.3 Å². The lowest BCUT2D eigenvalue weighted by Crippen LogP contribution is -2.38. The summed E-state index contributed by atoms with van der Waals surface area (Å²) in [7, 11) is 0. The van der Waals surface area contributed by atoms with Gasteiger partial charge in [0.1, 0.15) is 0 Å². The van der Waals surface area contributed by atoms with E-state index in [1.165, 1.54) is 25.7 Å². The number of aliphatic hydroxyl groups excluding tert-OH is 1.